The summed E-state index contributed by atoms with van der Waals surface area (Å²) in [5.74, 6) is 0. The van der Waals surface area contributed by atoms with Crippen molar-refractivity contribution < 1.29 is 0 Å². The molecule has 11 heavy (non-hydrogen) atoms. The van der Waals surface area contributed by atoms with Crippen molar-refractivity contribution in [3.05, 3.63) is 24.3 Å². The molecule has 0 radical (unpaired) electrons. The number of anilines is 2. The minimum absolute atomic E-state index is 0.440. The molecule has 58 valence electrons. The Balaban J connectivity index is 2.79. The maximum absolute atomic E-state index is 5.53. The molecule has 0 atom stereocenters. The summed E-state index contributed by atoms with van der Waals surface area (Å²) in [4.78, 5) is 0. The minimum Gasteiger partial charge on any atom is -0.399 e. The first-order chi connectivity index (χ1) is 5.18. The average Bonchev–Trinajstić information content (AvgIpc) is 1.85. The zero-order chi connectivity index (χ0) is 8.27. The summed E-state index contributed by atoms with van der Waals surface area (Å²) in [6.07, 6.45) is 0. The average molecular weight is 184 g/mol. The fourth-order valence-corrected chi connectivity index (χ4v) is 0.987. The van der Waals surface area contributed by atoms with Crippen LogP contribution >= 0.6 is 24.8 Å². The largest absolute Gasteiger partial charge is 0.399 e. The summed E-state index contributed by atoms with van der Waals surface area (Å²) in [5, 5.41) is 2.86. The van der Waals surface area contributed by atoms with Gasteiger partial charge in [-0.05, 0) is 18.2 Å². The van der Waals surface area contributed by atoms with E-state index in [9.17, 15) is 0 Å². The zero-order valence-electron chi connectivity index (χ0n) is 5.74. The second kappa shape index (κ2) is 3.59. The number of benzene rings is 1. The molecule has 1 aromatic rings. The zero-order valence-corrected chi connectivity index (χ0v) is 7.45. The third-order valence-corrected chi connectivity index (χ3v) is 1.35. The molecule has 2 nitrogen and oxygen atoms in total. The summed E-state index contributed by atoms with van der Waals surface area (Å²) in [6, 6.07) is 7.33. The first-order valence-electron chi connectivity index (χ1n) is 3.04. The predicted octanol–water partition coefficient (Wildman–Crippen LogP) is 1.90. The predicted molar refractivity (Wildman–Crippen MR) is 56.1 cm³/mol. The van der Waals surface area contributed by atoms with Gasteiger partial charge in [0.15, 0.2) is 0 Å². The molecule has 0 aliphatic rings. The van der Waals surface area contributed by atoms with Crippen molar-refractivity contribution in [1.29, 1.82) is 0 Å². The van der Waals surface area contributed by atoms with Crippen LogP contribution < -0.4 is 11.1 Å². The number of nitrogens with two attached hydrogens (primary N) is 1. The van der Waals surface area contributed by atoms with E-state index < -0.39 is 0 Å². The van der Waals surface area contributed by atoms with Gasteiger partial charge in [0.2, 0.25) is 0 Å². The highest BCUT2D eigenvalue weighted by molar-refractivity contribution is 8.11. The van der Waals surface area contributed by atoms with Crippen molar-refractivity contribution in [1.82, 2.24) is 0 Å². The Labute approximate surface area is 76.2 Å². The first-order valence-corrected chi connectivity index (χ1v) is 3.89. The summed E-state index contributed by atoms with van der Waals surface area (Å²) in [6.45, 7) is 0. The molecule has 4 heteroatoms. The van der Waals surface area contributed by atoms with Gasteiger partial charge >= 0.3 is 0 Å². The lowest BCUT2D eigenvalue weighted by Crippen LogP contribution is -2.00. The van der Waals surface area contributed by atoms with Crippen molar-refractivity contribution in [2.45, 2.75) is 0 Å². The van der Waals surface area contributed by atoms with E-state index in [2.05, 4.69) is 17.9 Å². The summed E-state index contributed by atoms with van der Waals surface area (Å²) in [5.41, 5.74) is 7.10. The summed E-state index contributed by atoms with van der Waals surface area (Å²) in [7, 11) is 0. The van der Waals surface area contributed by atoms with Crippen molar-refractivity contribution >= 4 is 40.5 Å². The van der Waals surface area contributed by atoms with Crippen LogP contribution in [0.5, 0.6) is 0 Å². The molecule has 0 bridgehead atoms. The van der Waals surface area contributed by atoms with Crippen LogP contribution in [0.1, 0.15) is 0 Å². The molecule has 0 saturated carbocycles. The third-order valence-electron chi connectivity index (χ3n) is 1.14. The number of hydrogen-bond acceptors (Lipinski definition) is 2. The monoisotopic (exact) mass is 184 g/mol. The summed E-state index contributed by atoms with van der Waals surface area (Å²) >= 11 is 8.66. The number of thiol groups is 1. The van der Waals surface area contributed by atoms with E-state index in [1.54, 1.807) is 6.07 Å². The minimum atomic E-state index is 0.440. The van der Waals surface area contributed by atoms with Gasteiger partial charge in [-0.25, -0.2) is 0 Å². The summed E-state index contributed by atoms with van der Waals surface area (Å²) < 4.78 is 0.440. The Bertz CT molecular complexity index is 273. The van der Waals surface area contributed by atoms with E-state index in [4.69, 9.17) is 18.0 Å². The van der Waals surface area contributed by atoms with E-state index in [1.165, 1.54) is 0 Å². The second-order valence-corrected chi connectivity index (χ2v) is 3.21. The van der Waals surface area contributed by atoms with Crippen LogP contribution in [-0.4, -0.2) is 4.32 Å². The van der Waals surface area contributed by atoms with Crippen LogP contribution in [0.2, 0.25) is 0 Å². The lowest BCUT2D eigenvalue weighted by molar-refractivity contribution is 1.65. The van der Waals surface area contributed by atoms with Gasteiger partial charge in [0, 0.05) is 11.4 Å². The Morgan fingerprint density at radius 1 is 1.55 bits per heavy atom. The molecular weight excluding hydrogens is 176 g/mol. The van der Waals surface area contributed by atoms with E-state index in [0.29, 0.717) is 10.0 Å². The highest BCUT2D eigenvalue weighted by atomic mass is 32.1. The first kappa shape index (κ1) is 8.36. The van der Waals surface area contributed by atoms with Gasteiger partial charge in [0.05, 0.1) is 0 Å². The van der Waals surface area contributed by atoms with Crippen LogP contribution in [0.4, 0.5) is 11.4 Å². The van der Waals surface area contributed by atoms with Gasteiger partial charge in [0.1, 0.15) is 4.32 Å². The molecule has 0 aliphatic carbocycles. The van der Waals surface area contributed by atoms with Crippen LogP contribution in [0.3, 0.4) is 0 Å². The van der Waals surface area contributed by atoms with E-state index in [1.807, 2.05) is 18.2 Å². The topological polar surface area (TPSA) is 38.0 Å². The number of rotatable bonds is 1. The van der Waals surface area contributed by atoms with Crippen molar-refractivity contribution in [2.75, 3.05) is 11.1 Å². The lowest BCUT2D eigenvalue weighted by atomic mass is 10.3. The molecule has 0 saturated heterocycles. The molecule has 0 amide bonds. The lowest BCUT2D eigenvalue weighted by Gasteiger charge is -2.02. The molecule has 0 aromatic heterocycles. The molecule has 0 heterocycles. The molecular formula is C7H8N2S2. The molecule has 1 aromatic carbocycles. The second-order valence-electron chi connectivity index (χ2n) is 2.06. The number of hydrogen-bond donors (Lipinski definition) is 3. The van der Waals surface area contributed by atoms with Gasteiger partial charge in [-0.2, -0.15) is 0 Å². The normalized spacial score (nSPS) is 9.18. The maximum atomic E-state index is 5.53. The van der Waals surface area contributed by atoms with Crippen molar-refractivity contribution in [2.24, 2.45) is 0 Å². The standard InChI is InChI=1S/C7H8N2S2/c8-5-2-1-3-6(4-5)9-7(10)11/h1-4H,8H2,(H2,9,10,11). The van der Waals surface area contributed by atoms with Gasteiger partial charge in [0.25, 0.3) is 0 Å². The molecule has 3 N–H and O–H groups in total. The SMILES string of the molecule is Nc1cccc(NC(=S)S)c1. The smallest absolute Gasteiger partial charge is 0.135 e. The van der Waals surface area contributed by atoms with Gasteiger partial charge in [-0.3, -0.25) is 0 Å². The quantitative estimate of drug-likeness (QED) is 0.354. The van der Waals surface area contributed by atoms with E-state index in [-0.39, 0.29) is 0 Å². The van der Waals surface area contributed by atoms with Crippen LogP contribution in [0, 0.1) is 0 Å². The number of nitrogen functional groups attached to an aromatic ring is 1. The molecule has 0 unspecified atom stereocenters. The van der Waals surface area contributed by atoms with Crippen LogP contribution in [0.15, 0.2) is 24.3 Å². The highest BCUT2D eigenvalue weighted by Crippen LogP contribution is 2.11. The molecule has 0 aliphatic heterocycles. The van der Waals surface area contributed by atoms with Gasteiger partial charge in [-0.1, -0.05) is 18.3 Å². The molecule has 0 spiro atoms. The molecule has 1 rings (SSSR count). The highest BCUT2D eigenvalue weighted by Gasteiger charge is 1.91. The fourth-order valence-electron chi connectivity index (χ4n) is 0.740. The Kier molecular flexibility index (Phi) is 2.73. The van der Waals surface area contributed by atoms with E-state index >= 15 is 0 Å². The van der Waals surface area contributed by atoms with Gasteiger partial charge < -0.3 is 11.1 Å². The van der Waals surface area contributed by atoms with Crippen molar-refractivity contribution in [3.63, 3.8) is 0 Å². The Morgan fingerprint density at radius 3 is 2.82 bits per heavy atom. The van der Waals surface area contributed by atoms with Gasteiger partial charge in [-0.15, -0.1) is 12.6 Å². The Hall–Kier alpha value is -0.740. The number of thiocarbonyl (C=S) groups is 1. The van der Waals surface area contributed by atoms with Crippen molar-refractivity contribution in [3.8, 4) is 0 Å². The van der Waals surface area contributed by atoms with Crippen LogP contribution in [0.25, 0.3) is 0 Å². The third kappa shape index (κ3) is 2.78. The fraction of sp³-hybridized carbons (Fsp3) is 0. The van der Waals surface area contributed by atoms with E-state index in [0.717, 1.165) is 5.69 Å². The maximum Gasteiger partial charge on any atom is 0.135 e. The Morgan fingerprint density at radius 2 is 2.27 bits per heavy atom. The molecule has 0 fully saturated rings. The van der Waals surface area contributed by atoms with Crippen LogP contribution in [-0.2, 0) is 0 Å². The number of nitrogens with one attached hydrogen (secondary N) is 1.